The van der Waals surface area contributed by atoms with Gasteiger partial charge in [-0.05, 0) is 30.7 Å². The maximum absolute atomic E-state index is 12.4. The van der Waals surface area contributed by atoms with Crippen molar-refractivity contribution in [3.05, 3.63) is 47.9 Å². The van der Waals surface area contributed by atoms with Crippen LogP contribution in [0, 0.1) is 18.3 Å². The van der Waals surface area contributed by atoms with E-state index >= 15 is 0 Å². The van der Waals surface area contributed by atoms with E-state index in [4.69, 9.17) is 4.98 Å². The first-order valence-electron chi connectivity index (χ1n) is 11.9. The monoisotopic (exact) mass is 450 g/mol. The number of quaternary nitrogens is 1. The van der Waals surface area contributed by atoms with Crippen LogP contribution in [0.1, 0.15) is 57.0 Å². The van der Waals surface area contributed by atoms with Crippen molar-refractivity contribution in [1.82, 2.24) is 15.3 Å². The standard InChI is InChI=1S/C26H34N4O3/c1-17-28-22(18-7-5-4-6-8-18)12-23(29-17)21-16-30-10-9-19(21)11-20(30)15-27-24(31)13-26(2,3)14-25(32)33/h4-8,12,19-21H,9-11,13-16H2,1-3H3,(H,27,31)(H,32,33)/t19-,20+,21-/m0/s1. The van der Waals surface area contributed by atoms with E-state index in [2.05, 4.69) is 28.5 Å². The molecule has 2 aromatic rings. The molecule has 3 aliphatic rings. The van der Waals surface area contributed by atoms with Crippen LogP contribution in [0.2, 0.25) is 0 Å². The van der Waals surface area contributed by atoms with Crippen molar-refractivity contribution in [2.75, 3.05) is 19.6 Å². The lowest BCUT2D eigenvalue weighted by atomic mass is 9.74. The number of benzene rings is 1. The van der Waals surface area contributed by atoms with Gasteiger partial charge in [-0.25, -0.2) is 9.97 Å². The molecule has 0 spiro atoms. The second-order valence-corrected chi connectivity index (χ2v) is 10.5. The summed E-state index contributed by atoms with van der Waals surface area (Å²) < 4.78 is 0. The first-order valence-corrected chi connectivity index (χ1v) is 11.9. The van der Waals surface area contributed by atoms with Crippen molar-refractivity contribution in [2.24, 2.45) is 11.3 Å². The summed E-state index contributed by atoms with van der Waals surface area (Å²) in [6.07, 6.45) is 2.31. The zero-order valence-electron chi connectivity index (χ0n) is 19.8. The molecular formula is C26H34N4O3. The van der Waals surface area contributed by atoms with E-state index < -0.39 is 11.4 Å². The highest BCUT2D eigenvalue weighted by Crippen LogP contribution is 2.35. The Morgan fingerprint density at radius 3 is 2.61 bits per heavy atom. The van der Waals surface area contributed by atoms with Crippen LogP contribution < -0.4 is 15.3 Å². The van der Waals surface area contributed by atoms with Crippen LogP contribution in [0.3, 0.4) is 0 Å². The number of amides is 1. The maximum Gasteiger partial charge on any atom is 0.220 e. The number of aromatic nitrogens is 2. The molecule has 2 N–H and O–H groups in total. The first kappa shape index (κ1) is 23.4. The molecule has 3 aliphatic heterocycles. The third-order valence-corrected chi connectivity index (χ3v) is 7.17. The van der Waals surface area contributed by atoms with Gasteiger partial charge in [-0.2, -0.15) is 0 Å². The number of aliphatic carboxylic acids is 1. The molecule has 33 heavy (non-hydrogen) atoms. The van der Waals surface area contributed by atoms with Gasteiger partial charge in [-0.15, -0.1) is 0 Å². The van der Waals surface area contributed by atoms with Gasteiger partial charge in [-0.3, -0.25) is 4.79 Å². The number of fused-ring (bicyclic) bond motifs is 3. The van der Waals surface area contributed by atoms with Gasteiger partial charge in [-0.1, -0.05) is 44.2 Å². The molecule has 4 atom stereocenters. The normalized spacial score (nSPS) is 24.5. The second-order valence-electron chi connectivity index (χ2n) is 10.5. The van der Waals surface area contributed by atoms with E-state index in [0.29, 0.717) is 24.4 Å². The molecular weight excluding hydrogens is 416 g/mol. The van der Waals surface area contributed by atoms with E-state index in [1.807, 2.05) is 25.1 Å². The lowest BCUT2D eigenvalue weighted by Gasteiger charge is -2.46. The number of carboxylic acids is 1. The van der Waals surface area contributed by atoms with Gasteiger partial charge >= 0.3 is 0 Å². The van der Waals surface area contributed by atoms with Crippen molar-refractivity contribution in [3.63, 3.8) is 0 Å². The van der Waals surface area contributed by atoms with Crippen LogP contribution in [0.15, 0.2) is 36.4 Å². The second kappa shape index (κ2) is 9.59. The minimum absolute atomic E-state index is 0.0845. The molecule has 0 saturated carbocycles. The molecule has 5 rings (SSSR count). The average molecular weight is 451 g/mol. The third kappa shape index (κ3) is 5.77. The van der Waals surface area contributed by atoms with E-state index in [-0.39, 0.29) is 18.7 Å². The smallest absolute Gasteiger partial charge is 0.220 e. The highest BCUT2D eigenvalue weighted by atomic mass is 16.4. The van der Waals surface area contributed by atoms with Crippen molar-refractivity contribution < 1.29 is 19.6 Å². The predicted molar refractivity (Wildman–Crippen MR) is 123 cm³/mol. The number of rotatable bonds is 8. The highest BCUT2D eigenvalue weighted by Gasteiger charge is 2.44. The predicted octanol–water partition coefficient (Wildman–Crippen LogP) is 0.885. The number of carboxylic acid groups (broad SMARTS) is 1. The number of nitrogens with one attached hydrogen (secondary N) is 2. The third-order valence-electron chi connectivity index (χ3n) is 7.17. The van der Waals surface area contributed by atoms with Crippen LogP contribution in [-0.4, -0.2) is 47.5 Å². The Labute approximate surface area is 195 Å². The summed E-state index contributed by atoms with van der Waals surface area (Å²) in [5, 5.41) is 14.0. The zero-order valence-corrected chi connectivity index (χ0v) is 19.8. The lowest BCUT2D eigenvalue weighted by molar-refractivity contribution is -0.942. The molecule has 1 aromatic carbocycles. The molecule has 1 aromatic heterocycles. The summed E-state index contributed by atoms with van der Waals surface area (Å²) >= 11 is 0. The topological polar surface area (TPSA) is 99.5 Å². The molecule has 7 heteroatoms. The van der Waals surface area contributed by atoms with Gasteiger partial charge in [0.05, 0.1) is 36.9 Å². The van der Waals surface area contributed by atoms with Gasteiger partial charge in [0.25, 0.3) is 0 Å². The largest absolute Gasteiger partial charge is 0.550 e. The number of aryl methyl sites for hydroxylation is 1. The number of carbonyl (C=O) groups is 2. The minimum Gasteiger partial charge on any atom is -0.550 e. The van der Waals surface area contributed by atoms with Crippen LogP contribution in [0.5, 0.6) is 0 Å². The molecule has 0 radical (unpaired) electrons. The maximum atomic E-state index is 12.4. The van der Waals surface area contributed by atoms with Gasteiger partial charge in [0.2, 0.25) is 5.91 Å². The molecule has 4 heterocycles. The summed E-state index contributed by atoms with van der Waals surface area (Å²) in [5.74, 6) is 0.567. The quantitative estimate of drug-likeness (QED) is 0.622. The SMILES string of the molecule is Cc1nc(-c2ccccc2)cc([C@H]2C[NH+]3CC[C@H]2C[C@@H]3CNC(=O)CC(C)(C)CC(=O)[O-])n1. The van der Waals surface area contributed by atoms with E-state index in [1.54, 1.807) is 13.8 Å². The number of piperidine rings is 3. The van der Waals surface area contributed by atoms with Gasteiger partial charge in [0, 0.05) is 30.8 Å². The van der Waals surface area contributed by atoms with Gasteiger partial charge in [0.1, 0.15) is 11.9 Å². The van der Waals surface area contributed by atoms with Crippen molar-refractivity contribution in [2.45, 2.75) is 58.4 Å². The van der Waals surface area contributed by atoms with Crippen molar-refractivity contribution in [1.29, 1.82) is 0 Å². The Morgan fingerprint density at radius 2 is 1.94 bits per heavy atom. The zero-order chi connectivity index (χ0) is 23.6. The minimum atomic E-state index is -1.12. The molecule has 7 nitrogen and oxygen atoms in total. The Hall–Kier alpha value is -2.80. The van der Waals surface area contributed by atoms with Gasteiger partial charge < -0.3 is 20.1 Å². The fourth-order valence-electron chi connectivity index (χ4n) is 5.61. The molecule has 2 bridgehead atoms. The number of carbonyl (C=O) groups excluding carboxylic acids is 2. The molecule has 176 valence electrons. The first-order chi connectivity index (χ1) is 15.7. The van der Waals surface area contributed by atoms with Crippen molar-refractivity contribution in [3.8, 4) is 11.3 Å². The van der Waals surface area contributed by atoms with E-state index in [1.165, 1.54) is 11.3 Å². The fraction of sp³-hybridized carbons (Fsp3) is 0.538. The van der Waals surface area contributed by atoms with Crippen LogP contribution in [0.4, 0.5) is 0 Å². The number of nitrogens with zero attached hydrogens (tertiary/aromatic N) is 2. The van der Waals surface area contributed by atoms with E-state index in [0.717, 1.165) is 42.3 Å². The number of hydrogen-bond donors (Lipinski definition) is 2. The summed E-state index contributed by atoms with van der Waals surface area (Å²) in [6, 6.07) is 12.8. The lowest BCUT2D eigenvalue weighted by Crippen LogP contribution is -3.20. The Morgan fingerprint density at radius 1 is 1.18 bits per heavy atom. The molecule has 1 amide bonds. The summed E-state index contributed by atoms with van der Waals surface area (Å²) in [7, 11) is 0. The number of hydrogen-bond acceptors (Lipinski definition) is 5. The van der Waals surface area contributed by atoms with Crippen molar-refractivity contribution >= 4 is 11.9 Å². The average Bonchev–Trinajstić information content (AvgIpc) is 2.77. The van der Waals surface area contributed by atoms with Crippen LogP contribution in [-0.2, 0) is 9.59 Å². The fourth-order valence-corrected chi connectivity index (χ4v) is 5.61. The summed E-state index contributed by atoms with van der Waals surface area (Å²) in [5.41, 5.74) is 2.62. The molecule has 3 saturated heterocycles. The molecule has 1 unspecified atom stereocenters. The van der Waals surface area contributed by atoms with Gasteiger partial charge in [0.15, 0.2) is 0 Å². The Bertz CT molecular complexity index is 1010. The highest BCUT2D eigenvalue weighted by molar-refractivity contribution is 5.77. The molecule has 3 fully saturated rings. The van der Waals surface area contributed by atoms with Crippen LogP contribution in [0.25, 0.3) is 11.3 Å². The Kier molecular flexibility index (Phi) is 6.79. The van der Waals surface area contributed by atoms with Crippen LogP contribution >= 0.6 is 0 Å². The Balaban J connectivity index is 1.38. The molecule has 0 aliphatic carbocycles. The summed E-state index contributed by atoms with van der Waals surface area (Å²) in [6.45, 7) is 8.32. The summed E-state index contributed by atoms with van der Waals surface area (Å²) in [4.78, 5) is 34.3. The van der Waals surface area contributed by atoms with E-state index in [9.17, 15) is 14.7 Å².